The number of ether oxygens (including phenoxy) is 2. The quantitative estimate of drug-likeness (QED) is 0.746. The van der Waals surface area contributed by atoms with Crippen molar-refractivity contribution in [3.8, 4) is 11.5 Å². The zero-order chi connectivity index (χ0) is 17.4. The number of hydrogen-bond donors (Lipinski definition) is 1. The van der Waals surface area contributed by atoms with E-state index in [0.29, 0.717) is 29.7 Å². The third-order valence-electron chi connectivity index (χ3n) is 3.05. The van der Waals surface area contributed by atoms with Crippen LogP contribution in [0.2, 0.25) is 5.02 Å². The van der Waals surface area contributed by atoms with Crippen molar-refractivity contribution in [2.45, 2.75) is 13.5 Å². The lowest BCUT2D eigenvalue weighted by Crippen LogP contribution is -2.20. The van der Waals surface area contributed by atoms with Gasteiger partial charge in [0.15, 0.2) is 18.1 Å². The normalized spacial score (nSPS) is 10.8. The first kappa shape index (κ1) is 17.8. The molecule has 126 valence electrons. The minimum absolute atomic E-state index is 0.263. The number of amides is 1. The first-order valence-corrected chi connectivity index (χ1v) is 7.89. The van der Waals surface area contributed by atoms with Crippen LogP contribution < -0.4 is 15.2 Å². The molecule has 6 heteroatoms. The number of carbonyl (C=O) groups excluding carboxylic acids is 1. The number of hydrogen-bond acceptors (Lipinski definition) is 4. The van der Waals surface area contributed by atoms with Crippen molar-refractivity contribution in [2.24, 2.45) is 10.7 Å². The number of nitrogens with zero attached hydrogens (tertiary/aromatic N) is 1. The summed E-state index contributed by atoms with van der Waals surface area (Å²) < 4.78 is 10.9. The Bertz CT molecular complexity index is 718. The summed E-state index contributed by atoms with van der Waals surface area (Å²) in [7, 11) is 0. The maximum absolute atomic E-state index is 10.9. The predicted molar refractivity (Wildman–Crippen MR) is 95.1 cm³/mol. The van der Waals surface area contributed by atoms with Crippen LogP contribution in [0.15, 0.2) is 47.5 Å². The molecule has 0 saturated heterocycles. The fourth-order valence-corrected chi connectivity index (χ4v) is 2.32. The van der Waals surface area contributed by atoms with Gasteiger partial charge < -0.3 is 15.2 Å². The molecule has 0 bridgehead atoms. The third-order valence-corrected chi connectivity index (χ3v) is 3.33. The van der Waals surface area contributed by atoms with Gasteiger partial charge in [-0.05, 0) is 30.2 Å². The van der Waals surface area contributed by atoms with Crippen LogP contribution in [0.3, 0.4) is 0 Å². The summed E-state index contributed by atoms with van der Waals surface area (Å²) in [5, 5.41) is 0.336. The summed E-state index contributed by atoms with van der Waals surface area (Å²) in [6, 6.07) is 13.4. The van der Waals surface area contributed by atoms with Crippen molar-refractivity contribution in [3.05, 3.63) is 58.6 Å². The van der Waals surface area contributed by atoms with Crippen molar-refractivity contribution in [3.63, 3.8) is 0 Å². The number of halogens is 1. The molecule has 0 atom stereocenters. The van der Waals surface area contributed by atoms with Gasteiger partial charge in [-0.15, -0.1) is 0 Å². The molecule has 0 radical (unpaired) electrons. The third kappa shape index (κ3) is 5.28. The molecule has 0 heterocycles. The highest BCUT2D eigenvalue weighted by atomic mass is 35.5. The lowest BCUT2D eigenvalue weighted by atomic mass is 10.2. The van der Waals surface area contributed by atoms with E-state index in [1.165, 1.54) is 0 Å². The molecule has 0 spiro atoms. The summed E-state index contributed by atoms with van der Waals surface area (Å²) in [6.45, 7) is 2.60. The molecule has 0 unspecified atom stereocenters. The number of primary amides is 1. The summed E-state index contributed by atoms with van der Waals surface area (Å²) in [6.07, 6.45) is 1.72. The van der Waals surface area contributed by atoms with Gasteiger partial charge in [0, 0.05) is 6.21 Å². The van der Waals surface area contributed by atoms with Crippen LogP contribution in [0, 0.1) is 0 Å². The van der Waals surface area contributed by atoms with Gasteiger partial charge in [0.2, 0.25) is 0 Å². The average Bonchev–Trinajstić information content (AvgIpc) is 2.55. The Kier molecular flexibility index (Phi) is 6.63. The molecule has 5 nitrogen and oxygen atoms in total. The number of rotatable bonds is 8. The largest absolute Gasteiger partial charge is 0.490 e. The summed E-state index contributed by atoms with van der Waals surface area (Å²) in [5.41, 5.74) is 7.00. The first-order valence-electron chi connectivity index (χ1n) is 7.51. The molecule has 0 aliphatic carbocycles. The maximum atomic E-state index is 10.9. The number of carbonyl (C=O) groups is 1. The molecular formula is C18H19ClN2O3. The number of nitrogens with two attached hydrogens (primary N) is 1. The number of aliphatic imine (C=N–C) groups is 1. The zero-order valence-corrected chi connectivity index (χ0v) is 14.1. The first-order chi connectivity index (χ1) is 11.6. The molecule has 2 rings (SSSR count). The molecule has 0 saturated carbocycles. The van der Waals surface area contributed by atoms with Crippen LogP contribution in [-0.2, 0) is 11.3 Å². The Labute approximate surface area is 146 Å². The standard InChI is InChI=1S/C18H19ClN2O3/c1-2-23-16-9-14(8-15(19)18(16)24-12-17(20)22)11-21-10-13-6-4-3-5-7-13/h3-9,11H,2,10,12H2,1H3,(H2,20,22). The van der Waals surface area contributed by atoms with E-state index in [-0.39, 0.29) is 6.61 Å². The van der Waals surface area contributed by atoms with E-state index >= 15 is 0 Å². The van der Waals surface area contributed by atoms with Crippen molar-refractivity contribution >= 4 is 23.7 Å². The van der Waals surface area contributed by atoms with Gasteiger partial charge in [-0.3, -0.25) is 9.79 Å². The molecule has 1 amide bonds. The van der Waals surface area contributed by atoms with Crippen LogP contribution in [-0.4, -0.2) is 25.3 Å². The summed E-state index contributed by atoms with van der Waals surface area (Å²) in [4.78, 5) is 15.3. The highest BCUT2D eigenvalue weighted by Crippen LogP contribution is 2.36. The molecule has 0 aliphatic rings. The molecular weight excluding hydrogens is 328 g/mol. The van der Waals surface area contributed by atoms with Gasteiger partial charge in [0.25, 0.3) is 5.91 Å². The van der Waals surface area contributed by atoms with Gasteiger partial charge in [-0.2, -0.15) is 0 Å². The van der Waals surface area contributed by atoms with Crippen molar-refractivity contribution in [2.75, 3.05) is 13.2 Å². The van der Waals surface area contributed by atoms with Gasteiger partial charge >= 0.3 is 0 Å². The van der Waals surface area contributed by atoms with Crippen LogP contribution in [0.4, 0.5) is 0 Å². The van der Waals surface area contributed by atoms with Gasteiger partial charge in [-0.1, -0.05) is 41.9 Å². The predicted octanol–water partition coefficient (Wildman–Crippen LogP) is 3.22. The fourth-order valence-electron chi connectivity index (χ4n) is 2.05. The molecule has 2 aromatic carbocycles. The van der Waals surface area contributed by atoms with E-state index in [1.54, 1.807) is 18.3 Å². The van der Waals surface area contributed by atoms with Gasteiger partial charge in [0.05, 0.1) is 18.2 Å². The monoisotopic (exact) mass is 346 g/mol. The smallest absolute Gasteiger partial charge is 0.255 e. The highest BCUT2D eigenvalue weighted by molar-refractivity contribution is 6.32. The van der Waals surface area contributed by atoms with E-state index in [4.69, 9.17) is 26.8 Å². The second kappa shape index (κ2) is 8.93. The second-order valence-corrected chi connectivity index (χ2v) is 5.38. The average molecular weight is 347 g/mol. The van der Waals surface area contributed by atoms with E-state index < -0.39 is 5.91 Å². The fraction of sp³-hybridized carbons (Fsp3) is 0.222. The zero-order valence-electron chi connectivity index (χ0n) is 13.4. The number of benzene rings is 2. The van der Waals surface area contributed by atoms with Crippen LogP contribution in [0.1, 0.15) is 18.1 Å². The topological polar surface area (TPSA) is 73.9 Å². The van der Waals surface area contributed by atoms with E-state index in [1.807, 2.05) is 37.3 Å². The highest BCUT2D eigenvalue weighted by Gasteiger charge is 2.13. The minimum atomic E-state index is -0.581. The minimum Gasteiger partial charge on any atom is -0.490 e. The Morgan fingerprint density at radius 3 is 2.67 bits per heavy atom. The van der Waals surface area contributed by atoms with Crippen molar-refractivity contribution in [1.82, 2.24) is 0 Å². The Balaban J connectivity index is 2.17. The van der Waals surface area contributed by atoms with E-state index in [9.17, 15) is 4.79 Å². The van der Waals surface area contributed by atoms with Crippen LogP contribution in [0.25, 0.3) is 0 Å². The lowest BCUT2D eigenvalue weighted by Gasteiger charge is -2.13. The van der Waals surface area contributed by atoms with E-state index in [0.717, 1.165) is 11.1 Å². The van der Waals surface area contributed by atoms with Crippen molar-refractivity contribution in [1.29, 1.82) is 0 Å². The van der Waals surface area contributed by atoms with Gasteiger partial charge in [0.1, 0.15) is 0 Å². The molecule has 0 aliphatic heterocycles. The molecule has 24 heavy (non-hydrogen) atoms. The lowest BCUT2D eigenvalue weighted by molar-refractivity contribution is -0.119. The van der Waals surface area contributed by atoms with Crippen LogP contribution >= 0.6 is 11.6 Å². The van der Waals surface area contributed by atoms with Gasteiger partial charge in [-0.25, -0.2) is 0 Å². The summed E-state index contributed by atoms with van der Waals surface area (Å²) >= 11 is 6.23. The van der Waals surface area contributed by atoms with E-state index in [2.05, 4.69) is 4.99 Å². The Morgan fingerprint density at radius 1 is 1.25 bits per heavy atom. The van der Waals surface area contributed by atoms with Crippen LogP contribution in [0.5, 0.6) is 11.5 Å². The molecule has 2 aromatic rings. The Morgan fingerprint density at radius 2 is 2.00 bits per heavy atom. The second-order valence-electron chi connectivity index (χ2n) is 4.97. The van der Waals surface area contributed by atoms with Crippen molar-refractivity contribution < 1.29 is 14.3 Å². The molecule has 2 N–H and O–H groups in total. The molecule has 0 aromatic heterocycles. The summed E-state index contributed by atoms with van der Waals surface area (Å²) in [5.74, 6) is 0.173. The maximum Gasteiger partial charge on any atom is 0.255 e. The Hall–Kier alpha value is -2.53. The molecule has 0 fully saturated rings. The SMILES string of the molecule is CCOc1cc(C=NCc2ccccc2)cc(Cl)c1OCC(N)=O.